The molecule has 0 N–H and O–H groups in total. The van der Waals surface area contributed by atoms with Gasteiger partial charge in [0.2, 0.25) is 0 Å². The molecule has 0 atom stereocenters. The molecule has 1 aromatic carbocycles. The van der Waals surface area contributed by atoms with Gasteiger partial charge in [-0.2, -0.15) is 28.0 Å². The van der Waals surface area contributed by atoms with Gasteiger partial charge in [0.15, 0.2) is 0 Å². The minimum atomic E-state index is -0.0172. The van der Waals surface area contributed by atoms with Crippen LogP contribution in [0.5, 0.6) is 0 Å². The summed E-state index contributed by atoms with van der Waals surface area (Å²) in [5.41, 5.74) is 2.41. The van der Waals surface area contributed by atoms with Crippen LogP contribution in [0.4, 0.5) is 0 Å². The average molecular weight is 451 g/mol. The predicted molar refractivity (Wildman–Crippen MR) is 115 cm³/mol. The number of thioether (sulfide) groups is 4. The van der Waals surface area contributed by atoms with Crippen LogP contribution < -0.4 is 10.4 Å². The highest BCUT2D eigenvalue weighted by Crippen LogP contribution is 2.56. The van der Waals surface area contributed by atoms with E-state index in [1.54, 1.807) is 47.0 Å². The van der Waals surface area contributed by atoms with Gasteiger partial charge in [-0.3, -0.25) is 0 Å². The number of fused-ring (bicyclic) bond motifs is 2. The Morgan fingerprint density at radius 2 is 1.27 bits per heavy atom. The van der Waals surface area contributed by atoms with Crippen molar-refractivity contribution in [2.75, 3.05) is 12.5 Å². The van der Waals surface area contributed by atoms with Crippen LogP contribution in [0.25, 0.3) is 31.9 Å². The molecule has 0 fully saturated rings. The zero-order valence-corrected chi connectivity index (χ0v) is 18.0. The van der Waals surface area contributed by atoms with E-state index in [2.05, 4.69) is 30.0 Å². The first-order valence-electron chi connectivity index (χ1n) is 6.86. The number of nitrogens with zero attached hydrogens (tertiary/aromatic N) is 6. The van der Waals surface area contributed by atoms with Crippen LogP contribution in [0.1, 0.15) is 0 Å². The number of benzene rings is 1. The quantitative estimate of drug-likeness (QED) is 0.578. The summed E-state index contributed by atoms with van der Waals surface area (Å²) in [6.45, 7) is 0. The number of aromatic nitrogens is 4. The predicted octanol–water partition coefficient (Wildman–Crippen LogP) is 3.29. The van der Waals surface area contributed by atoms with Gasteiger partial charge in [-0.1, -0.05) is 23.5 Å². The Kier molecular flexibility index (Phi) is 5.14. The van der Waals surface area contributed by atoms with Gasteiger partial charge in [-0.15, -0.1) is 23.5 Å². The first kappa shape index (κ1) is 18.1. The maximum Gasteiger partial charge on any atom is 0.141 e. The molecule has 26 heavy (non-hydrogen) atoms. The highest BCUT2D eigenvalue weighted by Gasteiger charge is 2.25. The van der Waals surface area contributed by atoms with E-state index in [1.807, 2.05) is 12.1 Å². The monoisotopic (exact) mass is 450 g/mol. The Bertz CT molecular complexity index is 1200. The Labute approximate surface area is 173 Å². The lowest BCUT2D eigenvalue weighted by atomic mass is 10.1. The van der Waals surface area contributed by atoms with Crippen molar-refractivity contribution in [2.45, 2.75) is 0 Å². The summed E-state index contributed by atoms with van der Waals surface area (Å²) in [6.07, 6.45) is 4.12. The fraction of sp³-hybridized carbons (Fsp3) is 0.143. The van der Waals surface area contributed by atoms with Crippen molar-refractivity contribution in [2.24, 2.45) is 0 Å². The molecule has 6 nitrogen and oxygen atoms in total. The number of hydrogen-bond donors (Lipinski definition) is 0. The van der Waals surface area contributed by atoms with E-state index in [9.17, 15) is 10.5 Å². The molecule has 3 aromatic rings. The lowest BCUT2D eigenvalue weighted by Gasteiger charge is -2.00. The Morgan fingerprint density at radius 1 is 0.808 bits per heavy atom. The van der Waals surface area contributed by atoms with Gasteiger partial charge >= 0.3 is 0 Å². The molecule has 1 aliphatic rings. The van der Waals surface area contributed by atoms with Crippen molar-refractivity contribution in [1.82, 2.24) is 17.5 Å². The molecule has 0 amide bonds. The van der Waals surface area contributed by atoms with E-state index in [1.165, 1.54) is 8.47 Å². The summed E-state index contributed by atoms with van der Waals surface area (Å²) in [5, 5.41) is 20.0. The third-order valence-corrected chi connectivity index (χ3v) is 9.79. The van der Waals surface area contributed by atoms with Crippen LogP contribution in [0.2, 0.25) is 0 Å². The lowest BCUT2D eigenvalue weighted by molar-refractivity contribution is 1.49. The second-order valence-corrected chi connectivity index (χ2v) is 10.3. The molecule has 3 heterocycles. The normalized spacial score (nSPS) is 14.2. The van der Waals surface area contributed by atoms with Crippen molar-refractivity contribution < 1.29 is 0 Å². The molecule has 128 valence electrons. The molecule has 2 aromatic heterocycles. The van der Waals surface area contributed by atoms with Crippen molar-refractivity contribution in [3.8, 4) is 12.1 Å². The Balaban J connectivity index is 2.21. The van der Waals surface area contributed by atoms with Gasteiger partial charge in [-0.05, 0) is 12.5 Å². The molecule has 0 aliphatic carbocycles. The minimum Gasteiger partial charge on any atom is -0.192 e. The third-order valence-electron chi connectivity index (χ3n) is 3.51. The first-order valence-corrected chi connectivity index (χ1v) is 12.4. The van der Waals surface area contributed by atoms with Crippen LogP contribution in [-0.2, 0) is 0 Å². The van der Waals surface area contributed by atoms with Crippen LogP contribution in [0.15, 0.2) is 8.47 Å². The standard InChI is InChI=1S/C14H6N6S6/c1-21-13-14(22-2)24-12(23-13)7-10-8(17-25-19-10)6(5(3-15)4-16)9-11(7)20-26-18-9/h1-2H3. The van der Waals surface area contributed by atoms with Gasteiger partial charge in [-0.25, -0.2) is 0 Å². The van der Waals surface area contributed by atoms with Crippen LogP contribution in [0.3, 0.4) is 0 Å². The van der Waals surface area contributed by atoms with Crippen molar-refractivity contribution >= 4 is 102 Å². The molecule has 0 saturated heterocycles. The maximum absolute atomic E-state index is 9.36. The number of nitriles is 2. The summed E-state index contributed by atoms with van der Waals surface area (Å²) < 4.78 is 21.2. The second-order valence-electron chi connectivity index (χ2n) is 4.75. The highest BCUT2D eigenvalue weighted by atomic mass is 32.3. The minimum absolute atomic E-state index is 0.0172. The molecule has 0 radical (unpaired) electrons. The SMILES string of the molecule is CSC1=C(SC)SC(=c2c3nsnc3c(=C(C#N)C#N)c3nsnc23)S1. The van der Waals surface area contributed by atoms with Gasteiger partial charge < -0.3 is 0 Å². The highest BCUT2D eigenvalue weighted by molar-refractivity contribution is 8.45. The molecular formula is C14H6N6S6. The van der Waals surface area contributed by atoms with Crippen LogP contribution in [-0.4, -0.2) is 30.0 Å². The molecular weight excluding hydrogens is 445 g/mol. The van der Waals surface area contributed by atoms with Gasteiger partial charge in [0.1, 0.15) is 39.8 Å². The first-order chi connectivity index (χ1) is 12.7. The lowest BCUT2D eigenvalue weighted by Crippen LogP contribution is -2.17. The summed E-state index contributed by atoms with van der Waals surface area (Å²) in [7, 11) is 0. The summed E-state index contributed by atoms with van der Waals surface area (Å²) >= 11 is 8.96. The van der Waals surface area contributed by atoms with Crippen molar-refractivity contribution in [1.29, 1.82) is 10.5 Å². The van der Waals surface area contributed by atoms with E-state index in [0.29, 0.717) is 27.3 Å². The molecule has 12 heteroatoms. The topological polar surface area (TPSA) is 99.1 Å². The smallest absolute Gasteiger partial charge is 0.141 e. The zero-order chi connectivity index (χ0) is 18.3. The molecule has 0 unspecified atom stereocenters. The Morgan fingerprint density at radius 3 is 1.69 bits per heavy atom. The fourth-order valence-electron chi connectivity index (χ4n) is 2.45. The second kappa shape index (κ2) is 7.38. The van der Waals surface area contributed by atoms with Crippen LogP contribution >= 0.6 is 70.5 Å². The van der Waals surface area contributed by atoms with E-state index in [4.69, 9.17) is 0 Å². The number of hydrogen-bond acceptors (Lipinski definition) is 12. The van der Waals surface area contributed by atoms with Crippen LogP contribution in [0, 0.1) is 22.7 Å². The maximum atomic E-state index is 9.36. The van der Waals surface area contributed by atoms with E-state index in [0.717, 1.165) is 32.9 Å². The molecule has 0 saturated carbocycles. The van der Waals surface area contributed by atoms with E-state index in [-0.39, 0.29) is 5.57 Å². The molecule has 4 rings (SSSR count). The Hall–Kier alpha value is -1.28. The fourth-order valence-corrected chi connectivity index (χ4v) is 8.65. The van der Waals surface area contributed by atoms with Crippen molar-refractivity contribution in [3.05, 3.63) is 18.9 Å². The summed E-state index contributed by atoms with van der Waals surface area (Å²) in [6, 6.07) is 3.90. The zero-order valence-electron chi connectivity index (χ0n) is 13.1. The average Bonchev–Trinajstić information content (AvgIpc) is 3.40. The number of rotatable bonds is 2. The van der Waals surface area contributed by atoms with Gasteiger partial charge in [0.05, 0.1) is 46.6 Å². The third kappa shape index (κ3) is 2.72. The van der Waals surface area contributed by atoms with E-state index < -0.39 is 0 Å². The largest absolute Gasteiger partial charge is 0.192 e. The van der Waals surface area contributed by atoms with Gasteiger partial charge in [0, 0.05) is 0 Å². The van der Waals surface area contributed by atoms with Crippen molar-refractivity contribution in [3.63, 3.8) is 0 Å². The van der Waals surface area contributed by atoms with Gasteiger partial charge in [0.25, 0.3) is 0 Å². The van der Waals surface area contributed by atoms with E-state index >= 15 is 0 Å². The molecule has 1 aliphatic heterocycles. The summed E-state index contributed by atoms with van der Waals surface area (Å²) in [5.74, 6) is 0. The summed E-state index contributed by atoms with van der Waals surface area (Å²) in [4.78, 5) is 0. The molecule has 0 spiro atoms. The molecule has 0 bridgehead atoms.